The molecule has 0 fully saturated rings. The summed E-state index contributed by atoms with van der Waals surface area (Å²) in [5.74, 6) is 0.770. The Balaban J connectivity index is 0.00000196. The predicted molar refractivity (Wildman–Crippen MR) is 61.5 cm³/mol. The summed E-state index contributed by atoms with van der Waals surface area (Å²) in [5.41, 5.74) is 6.23. The summed E-state index contributed by atoms with van der Waals surface area (Å²) in [4.78, 5) is 0. The maximum absolute atomic E-state index is 8.43. The van der Waals surface area contributed by atoms with E-state index in [2.05, 4.69) is 0 Å². The van der Waals surface area contributed by atoms with Gasteiger partial charge < -0.3 is 20.3 Å². The molecule has 86 valence electrons. The molecule has 0 atom stereocenters. The van der Waals surface area contributed by atoms with Crippen molar-refractivity contribution in [3.05, 3.63) is 24.3 Å². The highest BCUT2D eigenvalue weighted by molar-refractivity contribution is 5.85. The van der Waals surface area contributed by atoms with Crippen LogP contribution in [0.4, 0.5) is 5.69 Å². The fourth-order valence-corrected chi connectivity index (χ4v) is 0.949. The van der Waals surface area contributed by atoms with Crippen molar-refractivity contribution in [2.24, 2.45) is 0 Å². The zero-order valence-electron chi connectivity index (χ0n) is 8.39. The van der Waals surface area contributed by atoms with Gasteiger partial charge >= 0.3 is 0 Å². The second-order valence-electron chi connectivity index (χ2n) is 2.75. The molecule has 0 unspecified atom stereocenters. The van der Waals surface area contributed by atoms with Gasteiger partial charge in [0, 0.05) is 5.69 Å². The van der Waals surface area contributed by atoms with Gasteiger partial charge in [0.2, 0.25) is 0 Å². The highest BCUT2D eigenvalue weighted by atomic mass is 35.5. The molecule has 0 saturated carbocycles. The summed E-state index contributed by atoms with van der Waals surface area (Å²) in [5, 5.41) is 8.43. The topological polar surface area (TPSA) is 64.7 Å². The lowest BCUT2D eigenvalue weighted by Gasteiger charge is -2.06. The molecule has 0 saturated heterocycles. The van der Waals surface area contributed by atoms with Crippen LogP contribution < -0.4 is 10.5 Å². The van der Waals surface area contributed by atoms with E-state index in [0.29, 0.717) is 25.5 Å². The first-order valence-corrected chi connectivity index (χ1v) is 4.50. The number of nitrogen functional groups attached to an aromatic ring is 1. The Morgan fingerprint density at radius 2 is 1.73 bits per heavy atom. The number of halogens is 1. The van der Waals surface area contributed by atoms with Crippen molar-refractivity contribution in [2.75, 3.05) is 32.2 Å². The molecule has 3 N–H and O–H groups in total. The minimum atomic E-state index is 0. The number of benzene rings is 1. The summed E-state index contributed by atoms with van der Waals surface area (Å²) in [6.07, 6.45) is 0. The van der Waals surface area contributed by atoms with Crippen molar-refractivity contribution in [2.45, 2.75) is 0 Å². The van der Waals surface area contributed by atoms with Crippen LogP contribution in [0.1, 0.15) is 0 Å². The van der Waals surface area contributed by atoms with Crippen LogP contribution in [0.3, 0.4) is 0 Å². The Kier molecular flexibility index (Phi) is 7.81. The molecule has 0 bridgehead atoms. The second-order valence-corrected chi connectivity index (χ2v) is 2.75. The van der Waals surface area contributed by atoms with E-state index in [0.717, 1.165) is 5.75 Å². The van der Waals surface area contributed by atoms with E-state index in [1.165, 1.54) is 0 Å². The number of anilines is 1. The Morgan fingerprint density at radius 1 is 1.07 bits per heavy atom. The molecule has 0 spiro atoms. The third-order valence-electron chi connectivity index (χ3n) is 1.61. The maximum atomic E-state index is 8.43. The summed E-state index contributed by atoms with van der Waals surface area (Å²) in [7, 11) is 0. The SMILES string of the molecule is Cl.Nc1ccc(OCCOCCO)cc1. The third-order valence-corrected chi connectivity index (χ3v) is 1.61. The molecule has 15 heavy (non-hydrogen) atoms. The van der Waals surface area contributed by atoms with Gasteiger partial charge in [-0.25, -0.2) is 0 Å². The number of hydrogen-bond acceptors (Lipinski definition) is 4. The second kappa shape index (κ2) is 8.35. The van der Waals surface area contributed by atoms with Gasteiger partial charge in [0.1, 0.15) is 12.4 Å². The first-order chi connectivity index (χ1) is 6.83. The van der Waals surface area contributed by atoms with Crippen molar-refractivity contribution in [3.63, 3.8) is 0 Å². The molecule has 0 aliphatic heterocycles. The van der Waals surface area contributed by atoms with Crippen molar-refractivity contribution in [3.8, 4) is 5.75 Å². The van der Waals surface area contributed by atoms with Crippen LogP contribution in [0.25, 0.3) is 0 Å². The summed E-state index contributed by atoms with van der Waals surface area (Å²) < 4.78 is 10.4. The molecular weight excluding hydrogens is 218 g/mol. The number of rotatable bonds is 6. The fraction of sp³-hybridized carbons (Fsp3) is 0.400. The fourth-order valence-electron chi connectivity index (χ4n) is 0.949. The third kappa shape index (κ3) is 6.17. The van der Waals surface area contributed by atoms with E-state index in [4.69, 9.17) is 20.3 Å². The Bertz CT molecular complexity index is 253. The highest BCUT2D eigenvalue weighted by Gasteiger charge is 1.92. The quantitative estimate of drug-likeness (QED) is 0.570. The van der Waals surface area contributed by atoms with Crippen LogP contribution >= 0.6 is 12.4 Å². The molecule has 5 heteroatoms. The molecule has 0 heterocycles. The average molecular weight is 234 g/mol. The Morgan fingerprint density at radius 3 is 2.33 bits per heavy atom. The van der Waals surface area contributed by atoms with Crippen LogP contribution in [0.5, 0.6) is 5.75 Å². The van der Waals surface area contributed by atoms with Crippen LogP contribution in [0, 0.1) is 0 Å². The molecule has 1 aromatic rings. The van der Waals surface area contributed by atoms with Crippen LogP contribution in [0.15, 0.2) is 24.3 Å². The molecule has 4 nitrogen and oxygen atoms in total. The van der Waals surface area contributed by atoms with Crippen molar-refractivity contribution >= 4 is 18.1 Å². The van der Waals surface area contributed by atoms with Gasteiger partial charge in [-0.05, 0) is 24.3 Å². The van der Waals surface area contributed by atoms with Gasteiger partial charge in [0.15, 0.2) is 0 Å². The smallest absolute Gasteiger partial charge is 0.119 e. The number of hydrogen-bond donors (Lipinski definition) is 2. The Hall–Kier alpha value is -0.970. The summed E-state index contributed by atoms with van der Waals surface area (Å²) >= 11 is 0. The first-order valence-electron chi connectivity index (χ1n) is 4.50. The molecule has 0 aliphatic rings. The summed E-state index contributed by atoms with van der Waals surface area (Å²) in [6.45, 7) is 1.35. The van der Waals surface area contributed by atoms with E-state index >= 15 is 0 Å². The molecule has 1 aromatic carbocycles. The lowest BCUT2D eigenvalue weighted by Crippen LogP contribution is -2.09. The lowest BCUT2D eigenvalue weighted by atomic mass is 10.3. The predicted octanol–water partition coefficient (Wildman–Crippen LogP) is 1.08. The Labute approximate surface area is 95.4 Å². The molecule has 0 aliphatic carbocycles. The van der Waals surface area contributed by atoms with E-state index in [1.54, 1.807) is 24.3 Å². The van der Waals surface area contributed by atoms with Gasteiger partial charge in [-0.1, -0.05) is 0 Å². The molecule has 0 amide bonds. The standard InChI is InChI=1S/C10H15NO3.ClH/c11-9-1-3-10(4-2-9)14-8-7-13-6-5-12;/h1-4,12H,5-8,11H2;1H. The molecule has 0 radical (unpaired) electrons. The lowest BCUT2D eigenvalue weighted by molar-refractivity contribution is 0.0705. The highest BCUT2D eigenvalue weighted by Crippen LogP contribution is 2.12. The number of nitrogens with two attached hydrogens (primary N) is 1. The number of ether oxygens (including phenoxy) is 2. The number of aliphatic hydroxyl groups is 1. The first kappa shape index (κ1) is 14.0. The van der Waals surface area contributed by atoms with Crippen molar-refractivity contribution in [1.29, 1.82) is 0 Å². The van der Waals surface area contributed by atoms with Crippen molar-refractivity contribution < 1.29 is 14.6 Å². The van der Waals surface area contributed by atoms with E-state index in [9.17, 15) is 0 Å². The van der Waals surface area contributed by atoms with E-state index in [1.807, 2.05) is 0 Å². The van der Waals surface area contributed by atoms with Crippen LogP contribution in [-0.2, 0) is 4.74 Å². The largest absolute Gasteiger partial charge is 0.491 e. The summed E-state index contributed by atoms with van der Waals surface area (Å²) in [6, 6.07) is 7.18. The minimum Gasteiger partial charge on any atom is -0.491 e. The van der Waals surface area contributed by atoms with E-state index in [-0.39, 0.29) is 19.0 Å². The molecule has 1 rings (SSSR count). The average Bonchev–Trinajstić information content (AvgIpc) is 2.21. The normalized spacial score (nSPS) is 9.40. The molecular formula is C10H16ClNO3. The van der Waals surface area contributed by atoms with Gasteiger partial charge in [-0.3, -0.25) is 0 Å². The number of aliphatic hydroxyl groups excluding tert-OH is 1. The van der Waals surface area contributed by atoms with Crippen molar-refractivity contribution in [1.82, 2.24) is 0 Å². The molecule has 0 aromatic heterocycles. The van der Waals surface area contributed by atoms with Gasteiger partial charge in [-0.2, -0.15) is 0 Å². The maximum Gasteiger partial charge on any atom is 0.119 e. The van der Waals surface area contributed by atoms with Gasteiger partial charge in [0.05, 0.1) is 19.8 Å². The zero-order chi connectivity index (χ0) is 10.2. The minimum absolute atomic E-state index is 0. The zero-order valence-corrected chi connectivity index (χ0v) is 9.20. The van der Waals surface area contributed by atoms with Gasteiger partial charge in [-0.15, -0.1) is 12.4 Å². The van der Waals surface area contributed by atoms with Crippen LogP contribution in [-0.4, -0.2) is 31.5 Å². The van der Waals surface area contributed by atoms with Crippen LogP contribution in [0.2, 0.25) is 0 Å². The van der Waals surface area contributed by atoms with Gasteiger partial charge in [0.25, 0.3) is 0 Å². The van der Waals surface area contributed by atoms with E-state index < -0.39 is 0 Å². The monoisotopic (exact) mass is 233 g/mol.